The molecule has 2 atom stereocenters. The van der Waals surface area contributed by atoms with Gasteiger partial charge in [-0.2, -0.15) is 0 Å². The van der Waals surface area contributed by atoms with Gasteiger partial charge in [0.25, 0.3) is 0 Å². The van der Waals surface area contributed by atoms with E-state index in [9.17, 15) is 4.39 Å². The molecule has 2 unspecified atom stereocenters. The third-order valence-corrected chi connectivity index (χ3v) is 4.27. The molecule has 1 aromatic rings. The molecule has 0 spiro atoms. The summed E-state index contributed by atoms with van der Waals surface area (Å²) in [6, 6.07) is 6.00. The Kier molecular flexibility index (Phi) is 5.84. The van der Waals surface area contributed by atoms with Gasteiger partial charge in [-0.3, -0.25) is 0 Å². The predicted octanol–water partition coefficient (Wildman–Crippen LogP) is 3.94. The van der Waals surface area contributed by atoms with Crippen LogP contribution in [0, 0.1) is 11.7 Å². The van der Waals surface area contributed by atoms with Crippen molar-refractivity contribution in [3.8, 4) is 5.75 Å². The minimum absolute atomic E-state index is 0.248. The van der Waals surface area contributed by atoms with Gasteiger partial charge in [-0.25, -0.2) is 4.39 Å². The summed E-state index contributed by atoms with van der Waals surface area (Å²) < 4.78 is 18.7. The summed E-state index contributed by atoms with van der Waals surface area (Å²) >= 11 is 0. The van der Waals surface area contributed by atoms with Gasteiger partial charge >= 0.3 is 0 Å². The van der Waals surface area contributed by atoms with E-state index in [4.69, 9.17) is 4.74 Å². The second-order valence-electron chi connectivity index (χ2n) is 5.81. The summed E-state index contributed by atoms with van der Waals surface area (Å²) in [6.07, 6.45) is 7.33. The number of hydrogen-bond donors (Lipinski definition) is 1. The summed E-state index contributed by atoms with van der Waals surface area (Å²) in [6.45, 7) is 3.20. The smallest absolute Gasteiger partial charge is 0.165 e. The number of nitrogens with one attached hydrogen (secondary N) is 1. The molecule has 0 saturated heterocycles. The van der Waals surface area contributed by atoms with Gasteiger partial charge < -0.3 is 10.1 Å². The van der Waals surface area contributed by atoms with Gasteiger partial charge in [0.05, 0.1) is 7.11 Å². The lowest BCUT2D eigenvalue weighted by atomic mass is 9.91. The lowest BCUT2D eigenvalue weighted by Crippen LogP contribution is -2.30. The van der Waals surface area contributed by atoms with Crippen molar-refractivity contribution in [3.63, 3.8) is 0 Å². The lowest BCUT2D eigenvalue weighted by Gasteiger charge is -2.21. The van der Waals surface area contributed by atoms with E-state index in [-0.39, 0.29) is 5.82 Å². The molecule has 112 valence electrons. The zero-order chi connectivity index (χ0) is 14.4. The van der Waals surface area contributed by atoms with Crippen molar-refractivity contribution < 1.29 is 9.13 Å². The number of hydrogen-bond acceptors (Lipinski definition) is 2. The zero-order valence-corrected chi connectivity index (χ0v) is 12.6. The van der Waals surface area contributed by atoms with Crippen LogP contribution in [0.5, 0.6) is 5.75 Å². The molecule has 1 aliphatic carbocycles. The minimum atomic E-state index is -0.248. The van der Waals surface area contributed by atoms with Crippen LogP contribution in [-0.4, -0.2) is 19.7 Å². The van der Waals surface area contributed by atoms with E-state index < -0.39 is 0 Å². The van der Waals surface area contributed by atoms with Crippen LogP contribution < -0.4 is 10.1 Å². The maximum absolute atomic E-state index is 13.7. The van der Waals surface area contributed by atoms with Gasteiger partial charge in [-0.05, 0) is 49.4 Å². The van der Waals surface area contributed by atoms with Gasteiger partial charge in [0.15, 0.2) is 11.6 Å². The second kappa shape index (κ2) is 7.63. The van der Waals surface area contributed by atoms with Crippen LogP contribution in [0.2, 0.25) is 0 Å². The fourth-order valence-electron chi connectivity index (χ4n) is 3.29. The van der Waals surface area contributed by atoms with E-state index in [1.165, 1.54) is 39.2 Å². The van der Waals surface area contributed by atoms with Crippen LogP contribution in [0.4, 0.5) is 4.39 Å². The van der Waals surface area contributed by atoms with Crippen molar-refractivity contribution in [2.75, 3.05) is 13.7 Å². The SMILES string of the molecule is CCNC1CCCCC(Cc2ccc(OC)c(F)c2)C1. The molecule has 0 aliphatic heterocycles. The fourth-order valence-corrected chi connectivity index (χ4v) is 3.29. The van der Waals surface area contributed by atoms with Crippen LogP contribution in [0.15, 0.2) is 18.2 Å². The molecule has 0 radical (unpaired) electrons. The maximum atomic E-state index is 13.7. The van der Waals surface area contributed by atoms with Crippen molar-refractivity contribution in [3.05, 3.63) is 29.6 Å². The Bertz CT molecular complexity index is 421. The molecule has 1 fully saturated rings. The molecule has 2 rings (SSSR count). The number of rotatable bonds is 5. The van der Waals surface area contributed by atoms with Crippen LogP contribution in [0.25, 0.3) is 0 Å². The molecule has 0 amide bonds. The van der Waals surface area contributed by atoms with E-state index in [0.717, 1.165) is 18.5 Å². The minimum Gasteiger partial charge on any atom is -0.494 e. The van der Waals surface area contributed by atoms with Crippen molar-refractivity contribution in [2.45, 2.75) is 51.5 Å². The summed E-state index contributed by atoms with van der Waals surface area (Å²) in [5, 5.41) is 3.58. The first-order valence-corrected chi connectivity index (χ1v) is 7.78. The molecule has 0 heterocycles. The fraction of sp³-hybridized carbons (Fsp3) is 0.647. The Morgan fingerprint density at radius 3 is 2.80 bits per heavy atom. The Hall–Kier alpha value is -1.09. The average molecular weight is 279 g/mol. The largest absolute Gasteiger partial charge is 0.494 e. The molecule has 1 aromatic carbocycles. The van der Waals surface area contributed by atoms with Gasteiger partial charge in [-0.1, -0.05) is 32.3 Å². The number of methoxy groups -OCH3 is 1. The Morgan fingerprint density at radius 1 is 1.30 bits per heavy atom. The third-order valence-electron chi connectivity index (χ3n) is 4.27. The first kappa shape index (κ1) is 15.3. The lowest BCUT2D eigenvalue weighted by molar-refractivity contribution is 0.380. The quantitative estimate of drug-likeness (QED) is 0.824. The topological polar surface area (TPSA) is 21.3 Å². The summed E-state index contributed by atoms with van der Waals surface area (Å²) in [7, 11) is 1.50. The summed E-state index contributed by atoms with van der Waals surface area (Å²) in [4.78, 5) is 0. The average Bonchev–Trinajstić information content (AvgIpc) is 2.65. The molecule has 1 N–H and O–H groups in total. The van der Waals surface area contributed by atoms with Crippen LogP contribution in [-0.2, 0) is 6.42 Å². The highest BCUT2D eigenvalue weighted by atomic mass is 19.1. The van der Waals surface area contributed by atoms with Crippen LogP contribution >= 0.6 is 0 Å². The van der Waals surface area contributed by atoms with E-state index in [1.54, 1.807) is 12.1 Å². The summed E-state index contributed by atoms with van der Waals surface area (Å²) in [5.41, 5.74) is 1.09. The molecular weight excluding hydrogens is 253 g/mol. The van der Waals surface area contributed by atoms with E-state index in [2.05, 4.69) is 12.2 Å². The molecule has 0 aromatic heterocycles. The molecular formula is C17H26FNO. The van der Waals surface area contributed by atoms with E-state index in [0.29, 0.717) is 17.7 Å². The van der Waals surface area contributed by atoms with E-state index in [1.807, 2.05) is 6.07 Å². The Balaban J connectivity index is 1.98. The van der Waals surface area contributed by atoms with Crippen LogP contribution in [0.1, 0.15) is 44.6 Å². The van der Waals surface area contributed by atoms with Crippen LogP contribution in [0.3, 0.4) is 0 Å². The Labute approximate surface area is 121 Å². The summed E-state index contributed by atoms with van der Waals surface area (Å²) in [5.74, 6) is 0.747. The molecule has 1 saturated carbocycles. The Morgan fingerprint density at radius 2 is 2.10 bits per heavy atom. The van der Waals surface area contributed by atoms with Gasteiger partial charge in [-0.15, -0.1) is 0 Å². The molecule has 2 nitrogen and oxygen atoms in total. The first-order valence-electron chi connectivity index (χ1n) is 7.78. The van der Waals surface area contributed by atoms with Gasteiger partial charge in [0.2, 0.25) is 0 Å². The highest BCUT2D eigenvalue weighted by Crippen LogP contribution is 2.28. The van der Waals surface area contributed by atoms with Gasteiger partial charge in [0, 0.05) is 6.04 Å². The second-order valence-corrected chi connectivity index (χ2v) is 5.81. The van der Waals surface area contributed by atoms with Crippen molar-refractivity contribution >= 4 is 0 Å². The highest BCUT2D eigenvalue weighted by Gasteiger charge is 2.20. The highest BCUT2D eigenvalue weighted by molar-refractivity contribution is 5.29. The monoisotopic (exact) mass is 279 g/mol. The first-order chi connectivity index (χ1) is 9.72. The van der Waals surface area contributed by atoms with Crippen molar-refractivity contribution in [2.24, 2.45) is 5.92 Å². The van der Waals surface area contributed by atoms with Gasteiger partial charge in [0.1, 0.15) is 0 Å². The third kappa shape index (κ3) is 4.20. The molecule has 0 bridgehead atoms. The number of ether oxygens (including phenoxy) is 1. The molecule has 1 aliphatic rings. The zero-order valence-electron chi connectivity index (χ0n) is 12.6. The van der Waals surface area contributed by atoms with Crippen molar-refractivity contribution in [1.29, 1.82) is 0 Å². The molecule has 3 heteroatoms. The maximum Gasteiger partial charge on any atom is 0.165 e. The predicted molar refractivity (Wildman–Crippen MR) is 80.7 cm³/mol. The number of halogens is 1. The normalized spacial score (nSPS) is 23.4. The standard InChI is InChI=1S/C17H26FNO/c1-3-19-15-7-5-4-6-13(11-15)10-14-8-9-17(20-2)16(18)12-14/h8-9,12-13,15,19H,3-7,10-11H2,1-2H3. The molecule has 20 heavy (non-hydrogen) atoms. The van der Waals surface area contributed by atoms with E-state index >= 15 is 0 Å². The van der Waals surface area contributed by atoms with Crippen molar-refractivity contribution in [1.82, 2.24) is 5.32 Å². The number of benzene rings is 1.